The Hall–Kier alpha value is -1.72. The minimum Gasteiger partial charge on any atom is -0.284 e. The van der Waals surface area contributed by atoms with Crippen molar-refractivity contribution in [3.63, 3.8) is 0 Å². The molecule has 0 unspecified atom stereocenters. The van der Waals surface area contributed by atoms with E-state index in [0.29, 0.717) is 10.5 Å². The molecule has 0 aliphatic rings. The van der Waals surface area contributed by atoms with Gasteiger partial charge in [-0.25, -0.2) is 4.98 Å². The summed E-state index contributed by atoms with van der Waals surface area (Å²) in [4.78, 5) is 20.8. The van der Waals surface area contributed by atoms with Gasteiger partial charge in [-0.1, -0.05) is 6.07 Å². The second-order valence-electron chi connectivity index (χ2n) is 3.36. The number of nitrogens with zero attached hydrogens (tertiary/aromatic N) is 3. The molecule has 0 amide bonds. The molecule has 0 N–H and O–H groups in total. The van der Waals surface area contributed by atoms with Gasteiger partial charge in [0, 0.05) is 6.20 Å². The van der Waals surface area contributed by atoms with Crippen molar-refractivity contribution < 1.29 is 4.79 Å². The minimum absolute atomic E-state index is 0.128. The van der Waals surface area contributed by atoms with Gasteiger partial charge in [-0.3, -0.25) is 9.20 Å². The first-order valence-corrected chi connectivity index (χ1v) is 6.10. The van der Waals surface area contributed by atoms with Crippen LogP contribution >= 0.6 is 22.9 Å². The van der Waals surface area contributed by atoms with Gasteiger partial charge >= 0.3 is 0 Å². The van der Waals surface area contributed by atoms with E-state index in [1.807, 2.05) is 11.4 Å². The van der Waals surface area contributed by atoms with Crippen molar-refractivity contribution in [2.75, 3.05) is 0 Å². The van der Waals surface area contributed by atoms with Gasteiger partial charge in [0.1, 0.15) is 5.65 Å². The van der Waals surface area contributed by atoms with Crippen LogP contribution in [-0.4, -0.2) is 20.2 Å². The smallest absolute Gasteiger partial charge is 0.240 e. The zero-order chi connectivity index (χ0) is 11.8. The number of hydrogen-bond donors (Lipinski definition) is 0. The van der Waals surface area contributed by atoms with Crippen molar-refractivity contribution in [3.05, 3.63) is 51.8 Å². The number of ketones is 1. The summed E-state index contributed by atoms with van der Waals surface area (Å²) >= 11 is 7.33. The van der Waals surface area contributed by atoms with Gasteiger partial charge in [-0.15, -0.1) is 11.3 Å². The van der Waals surface area contributed by atoms with E-state index >= 15 is 0 Å². The first-order valence-electron chi connectivity index (χ1n) is 4.84. The van der Waals surface area contributed by atoms with Crippen LogP contribution in [-0.2, 0) is 0 Å². The molecule has 0 atom stereocenters. The monoisotopic (exact) mass is 263 g/mol. The number of aromatic nitrogens is 3. The average molecular weight is 264 g/mol. The molecular weight excluding hydrogens is 258 g/mol. The summed E-state index contributed by atoms with van der Waals surface area (Å²) in [5, 5.41) is 2.07. The number of hydrogen-bond acceptors (Lipinski definition) is 4. The van der Waals surface area contributed by atoms with Crippen molar-refractivity contribution in [3.8, 4) is 0 Å². The van der Waals surface area contributed by atoms with Gasteiger partial charge in [-0.05, 0) is 35.2 Å². The molecule has 0 saturated heterocycles. The highest BCUT2D eigenvalue weighted by Crippen LogP contribution is 2.16. The first-order chi connectivity index (χ1) is 8.25. The SMILES string of the molecule is O=C(c1nc(Cl)n2cccc2n1)c1cccs1. The molecule has 84 valence electrons. The Morgan fingerprint density at radius 1 is 1.29 bits per heavy atom. The highest BCUT2D eigenvalue weighted by molar-refractivity contribution is 7.12. The molecule has 0 aromatic carbocycles. The normalized spacial score (nSPS) is 10.9. The predicted octanol–water partition coefficient (Wildman–Crippen LogP) is 2.68. The minimum atomic E-state index is -0.203. The number of thiophene rings is 1. The fraction of sp³-hybridized carbons (Fsp3) is 0. The predicted molar refractivity (Wildman–Crippen MR) is 65.7 cm³/mol. The van der Waals surface area contributed by atoms with Crippen LogP contribution in [0.15, 0.2) is 35.8 Å². The lowest BCUT2D eigenvalue weighted by Crippen LogP contribution is -2.08. The molecule has 4 nitrogen and oxygen atoms in total. The van der Waals surface area contributed by atoms with Gasteiger partial charge < -0.3 is 0 Å². The number of carbonyl (C=O) groups is 1. The third kappa shape index (κ3) is 1.73. The van der Waals surface area contributed by atoms with Crippen LogP contribution in [0.4, 0.5) is 0 Å². The van der Waals surface area contributed by atoms with Crippen molar-refractivity contribution in [1.82, 2.24) is 14.4 Å². The molecule has 0 bridgehead atoms. The highest BCUT2D eigenvalue weighted by atomic mass is 35.5. The van der Waals surface area contributed by atoms with E-state index < -0.39 is 0 Å². The van der Waals surface area contributed by atoms with Crippen molar-refractivity contribution in [1.29, 1.82) is 0 Å². The quantitative estimate of drug-likeness (QED) is 0.668. The summed E-state index contributed by atoms with van der Waals surface area (Å²) in [5.41, 5.74) is 0.616. The highest BCUT2D eigenvalue weighted by Gasteiger charge is 2.15. The number of fused-ring (bicyclic) bond motifs is 1. The Bertz CT molecular complexity index is 690. The van der Waals surface area contributed by atoms with Gasteiger partial charge in [-0.2, -0.15) is 4.98 Å². The van der Waals surface area contributed by atoms with E-state index in [2.05, 4.69) is 9.97 Å². The van der Waals surface area contributed by atoms with Crippen molar-refractivity contribution >= 4 is 34.4 Å². The molecule has 3 aromatic rings. The number of halogens is 1. The molecule has 0 spiro atoms. The third-order valence-electron chi connectivity index (χ3n) is 2.29. The zero-order valence-corrected chi connectivity index (χ0v) is 10.1. The van der Waals surface area contributed by atoms with Gasteiger partial charge in [0.2, 0.25) is 16.9 Å². The molecule has 3 aromatic heterocycles. The standard InChI is InChI=1S/C11H6ClN3OS/c12-11-14-10(9(16)7-3-2-6-17-7)13-8-4-1-5-15(8)11/h1-6H. The van der Waals surface area contributed by atoms with E-state index in [0.717, 1.165) is 0 Å². The second-order valence-corrected chi connectivity index (χ2v) is 4.64. The Kier molecular flexibility index (Phi) is 2.42. The van der Waals surface area contributed by atoms with Crippen LogP contribution in [0.3, 0.4) is 0 Å². The van der Waals surface area contributed by atoms with E-state index in [-0.39, 0.29) is 16.9 Å². The van der Waals surface area contributed by atoms with Crippen LogP contribution in [0.1, 0.15) is 15.5 Å². The molecule has 3 rings (SSSR count). The topological polar surface area (TPSA) is 47.3 Å². The fourth-order valence-electron chi connectivity index (χ4n) is 1.51. The van der Waals surface area contributed by atoms with Crippen LogP contribution in [0.25, 0.3) is 5.65 Å². The van der Waals surface area contributed by atoms with Crippen molar-refractivity contribution in [2.24, 2.45) is 0 Å². The second kappa shape index (κ2) is 3.94. The summed E-state index contributed by atoms with van der Waals surface area (Å²) in [7, 11) is 0. The molecule has 6 heteroatoms. The molecule has 3 heterocycles. The Morgan fingerprint density at radius 3 is 2.94 bits per heavy atom. The fourth-order valence-corrected chi connectivity index (χ4v) is 2.40. The van der Waals surface area contributed by atoms with Gasteiger partial charge in [0.15, 0.2) is 0 Å². The lowest BCUT2D eigenvalue weighted by Gasteiger charge is -2.00. The molecule has 0 aliphatic carbocycles. The maximum Gasteiger partial charge on any atom is 0.240 e. The summed E-state index contributed by atoms with van der Waals surface area (Å²) in [6, 6.07) is 7.13. The Labute approximate surface area is 106 Å². The van der Waals surface area contributed by atoms with Crippen LogP contribution in [0.2, 0.25) is 5.28 Å². The number of carbonyl (C=O) groups excluding carboxylic acids is 1. The van der Waals surface area contributed by atoms with Gasteiger partial charge in [0.05, 0.1) is 4.88 Å². The summed E-state index contributed by atoms with van der Waals surface area (Å²) in [5.74, 6) is -0.0748. The summed E-state index contributed by atoms with van der Waals surface area (Å²) < 4.78 is 1.62. The van der Waals surface area contributed by atoms with Crippen LogP contribution in [0, 0.1) is 0 Å². The van der Waals surface area contributed by atoms with Gasteiger partial charge in [0.25, 0.3) is 0 Å². The molecule has 0 radical (unpaired) electrons. The maximum absolute atomic E-state index is 12.0. The summed E-state index contributed by atoms with van der Waals surface area (Å²) in [6.45, 7) is 0. The molecule has 0 fully saturated rings. The van der Waals surface area contributed by atoms with E-state index in [1.165, 1.54) is 11.3 Å². The number of rotatable bonds is 2. The molecule has 17 heavy (non-hydrogen) atoms. The van der Waals surface area contributed by atoms with Crippen LogP contribution in [0.5, 0.6) is 0 Å². The molecule has 0 aliphatic heterocycles. The largest absolute Gasteiger partial charge is 0.284 e. The third-order valence-corrected chi connectivity index (χ3v) is 3.43. The Balaban J connectivity index is 2.15. The molecule has 0 saturated carbocycles. The van der Waals surface area contributed by atoms with Crippen LogP contribution < -0.4 is 0 Å². The van der Waals surface area contributed by atoms with E-state index in [4.69, 9.17) is 11.6 Å². The lowest BCUT2D eigenvalue weighted by atomic mass is 10.3. The summed E-state index contributed by atoms with van der Waals surface area (Å²) in [6.07, 6.45) is 1.75. The Morgan fingerprint density at radius 2 is 2.18 bits per heavy atom. The lowest BCUT2D eigenvalue weighted by molar-refractivity contribution is 0.103. The zero-order valence-electron chi connectivity index (χ0n) is 8.50. The maximum atomic E-state index is 12.0. The first kappa shape index (κ1) is 10.4. The average Bonchev–Trinajstić information content (AvgIpc) is 2.98. The van der Waals surface area contributed by atoms with Crippen molar-refractivity contribution in [2.45, 2.75) is 0 Å². The van der Waals surface area contributed by atoms with E-state index in [1.54, 1.807) is 28.8 Å². The van der Waals surface area contributed by atoms with E-state index in [9.17, 15) is 4.79 Å². The molecular formula is C11H6ClN3OS.